The van der Waals surface area contributed by atoms with Crippen molar-refractivity contribution in [1.82, 2.24) is 4.90 Å². The number of carbonyl (C=O) groups is 1. The molecule has 0 radical (unpaired) electrons. The third-order valence-corrected chi connectivity index (χ3v) is 7.92. The highest BCUT2D eigenvalue weighted by Crippen LogP contribution is 2.46. The van der Waals surface area contributed by atoms with Crippen LogP contribution in [-0.2, 0) is 6.42 Å². The van der Waals surface area contributed by atoms with Crippen molar-refractivity contribution < 1.29 is 19.4 Å². The number of fused-ring (bicyclic) bond motifs is 1. The van der Waals surface area contributed by atoms with Gasteiger partial charge in [0.25, 0.3) is 5.24 Å². The number of ether oxygens (including phenoxy) is 2. The molecule has 1 amide bonds. The van der Waals surface area contributed by atoms with Crippen LogP contribution >= 0.6 is 11.8 Å². The van der Waals surface area contributed by atoms with E-state index in [9.17, 15) is 9.90 Å². The van der Waals surface area contributed by atoms with Gasteiger partial charge in [-0.25, -0.2) is 0 Å². The maximum atomic E-state index is 13.1. The predicted octanol–water partition coefficient (Wildman–Crippen LogP) is 5.04. The highest BCUT2D eigenvalue weighted by atomic mass is 32.2. The zero-order valence-electron chi connectivity index (χ0n) is 19.5. The van der Waals surface area contributed by atoms with E-state index in [2.05, 4.69) is 17.0 Å². The molecule has 7 heteroatoms. The van der Waals surface area contributed by atoms with E-state index in [1.54, 1.807) is 7.11 Å². The number of methoxy groups -OCH3 is 1. The van der Waals surface area contributed by atoms with Gasteiger partial charge in [0, 0.05) is 43.9 Å². The Balaban J connectivity index is 1.39. The van der Waals surface area contributed by atoms with Crippen LogP contribution in [0.25, 0.3) is 0 Å². The average Bonchev–Trinajstić information content (AvgIpc) is 2.81. The molecule has 2 heterocycles. The van der Waals surface area contributed by atoms with Crippen LogP contribution in [0.4, 0.5) is 10.5 Å². The molecule has 0 bridgehead atoms. The molecule has 0 saturated carbocycles. The van der Waals surface area contributed by atoms with Crippen LogP contribution in [0.5, 0.6) is 17.2 Å². The minimum Gasteiger partial charge on any atom is -0.507 e. The molecular formula is C25H32N2O4S. The van der Waals surface area contributed by atoms with Crippen LogP contribution in [0.1, 0.15) is 35.6 Å². The predicted molar refractivity (Wildman–Crippen MR) is 129 cm³/mol. The second kappa shape index (κ2) is 8.77. The second-order valence-corrected chi connectivity index (χ2v) is 10.2. The number of phenolic OH excluding ortho intramolecular Hbond substituents is 1. The lowest BCUT2D eigenvalue weighted by Gasteiger charge is -2.40. The van der Waals surface area contributed by atoms with Gasteiger partial charge < -0.3 is 24.4 Å². The first-order valence-electron chi connectivity index (χ1n) is 11.1. The molecule has 2 aliphatic rings. The first kappa shape index (κ1) is 22.6. The summed E-state index contributed by atoms with van der Waals surface area (Å²) < 4.78 is 11.7. The van der Waals surface area contributed by atoms with Gasteiger partial charge in [0.05, 0.1) is 7.11 Å². The molecule has 1 saturated heterocycles. The van der Waals surface area contributed by atoms with Crippen molar-refractivity contribution >= 4 is 22.7 Å². The van der Waals surface area contributed by atoms with Crippen molar-refractivity contribution in [2.24, 2.45) is 0 Å². The lowest BCUT2D eigenvalue weighted by molar-refractivity contribution is 0.154. The first-order valence-corrected chi connectivity index (χ1v) is 11.9. The summed E-state index contributed by atoms with van der Waals surface area (Å²) in [4.78, 5) is 16.7. The monoisotopic (exact) mass is 456 g/mol. The normalized spacial score (nSPS) is 20.5. The minimum atomic E-state index is -0.613. The molecular weight excluding hydrogens is 424 g/mol. The molecule has 0 spiro atoms. The highest BCUT2D eigenvalue weighted by Gasteiger charge is 2.38. The SMILES string of the molecule is COc1ccc(N2CCN(C(=O)SC3(C)CCc4c(C)c(O)c(C)c(C)c4O3)CC2)cc1. The van der Waals surface area contributed by atoms with Gasteiger partial charge in [0.1, 0.15) is 17.2 Å². The smallest absolute Gasteiger partial charge is 0.285 e. The molecule has 32 heavy (non-hydrogen) atoms. The van der Waals surface area contributed by atoms with E-state index >= 15 is 0 Å². The molecule has 1 fully saturated rings. The standard InChI is InChI=1S/C25H32N2O4S/c1-16-17(2)23-21(18(3)22(16)28)10-11-25(4,31-23)32-24(29)27-14-12-26(13-15-27)19-6-8-20(30-5)9-7-19/h6-9,28H,10-15H2,1-5H3. The number of nitrogens with zero attached hydrogens (tertiary/aromatic N) is 2. The molecule has 0 aromatic heterocycles. The van der Waals surface area contributed by atoms with Crippen molar-refractivity contribution in [3.8, 4) is 17.2 Å². The second-order valence-electron chi connectivity index (χ2n) is 8.81. The molecule has 6 nitrogen and oxygen atoms in total. The number of amides is 1. The Morgan fingerprint density at radius 1 is 1.06 bits per heavy atom. The van der Waals surface area contributed by atoms with Gasteiger partial charge in [-0.1, -0.05) is 0 Å². The number of hydrogen-bond donors (Lipinski definition) is 1. The number of thioether (sulfide) groups is 1. The maximum Gasteiger partial charge on any atom is 0.285 e. The Morgan fingerprint density at radius 2 is 1.72 bits per heavy atom. The number of rotatable bonds is 3. The van der Waals surface area contributed by atoms with Gasteiger partial charge in [-0.3, -0.25) is 4.79 Å². The molecule has 4 rings (SSSR count). The van der Waals surface area contributed by atoms with Crippen LogP contribution in [-0.4, -0.2) is 53.5 Å². The molecule has 2 aromatic carbocycles. The summed E-state index contributed by atoms with van der Waals surface area (Å²) in [6.45, 7) is 10.8. The number of carbonyl (C=O) groups excluding carboxylic acids is 1. The van der Waals surface area contributed by atoms with Crippen LogP contribution in [0.15, 0.2) is 24.3 Å². The first-order chi connectivity index (χ1) is 15.2. The number of anilines is 1. The van der Waals surface area contributed by atoms with Crippen molar-refractivity contribution in [1.29, 1.82) is 0 Å². The summed E-state index contributed by atoms with van der Waals surface area (Å²) in [5.74, 6) is 2.03. The molecule has 1 N–H and O–H groups in total. The fourth-order valence-electron chi connectivity index (χ4n) is 4.49. The fourth-order valence-corrected chi connectivity index (χ4v) is 5.50. The van der Waals surface area contributed by atoms with Crippen LogP contribution < -0.4 is 14.4 Å². The number of hydrogen-bond acceptors (Lipinski definition) is 6. The topological polar surface area (TPSA) is 62.2 Å². The van der Waals surface area contributed by atoms with Crippen molar-refractivity contribution in [3.63, 3.8) is 0 Å². The van der Waals surface area contributed by atoms with E-state index in [1.807, 2.05) is 44.7 Å². The largest absolute Gasteiger partial charge is 0.507 e. The van der Waals surface area contributed by atoms with E-state index in [0.717, 1.165) is 65.4 Å². The van der Waals surface area contributed by atoms with Gasteiger partial charge in [-0.2, -0.15) is 0 Å². The van der Waals surface area contributed by atoms with Crippen molar-refractivity contribution in [3.05, 3.63) is 46.5 Å². The van der Waals surface area contributed by atoms with E-state index in [-0.39, 0.29) is 5.24 Å². The molecule has 1 atom stereocenters. The van der Waals surface area contributed by atoms with E-state index in [4.69, 9.17) is 9.47 Å². The van der Waals surface area contributed by atoms with E-state index < -0.39 is 4.93 Å². The van der Waals surface area contributed by atoms with Crippen LogP contribution in [0.3, 0.4) is 0 Å². The Hall–Kier alpha value is -2.54. The lowest BCUT2D eigenvalue weighted by atomic mass is 9.92. The Bertz CT molecular complexity index is 1020. The van der Waals surface area contributed by atoms with Gasteiger partial charge in [0.15, 0.2) is 4.93 Å². The fraction of sp³-hybridized carbons (Fsp3) is 0.480. The van der Waals surface area contributed by atoms with Crippen LogP contribution in [0, 0.1) is 20.8 Å². The Morgan fingerprint density at radius 3 is 2.34 bits per heavy atom. The summed E-state index contributed by atoms with van der Waals surface area (Å²) in [7, 11) is 1.67. The zero-order valence-corrected chi connectivity index (χ0v) is 20.3. The van der Waals surface area contributed by atoms with Gasteiger partial charge in [-0.15, -0.1) is 0 Å². The molecule has 0 aliphatic carbocycles. The van der Waals surface area contributed by atoms with Gasteiger partial charge >= 0.3 is 0 Å². The molecule has 172 valence electrons. The summed E-state index contributed by atoms with van der Waals surface area (Å²) in [5.41, 5.74) is 4.89. The van der Waals surface area contributed by atoms with E-state index in [0.29, 0.717) is 18.8 Å². The number of phenols is 1. The number of piperazine rings is 1. The summed E-state index contributed by atoms with van der Waals surface area (Å²) in [6, 6.07) is 8.05. The summed E-state index contributed by atoms with van der Waals surface area (Å²) >= 11 is 1.29. The summed E-state index contributed by atoms with van der Waals surface area (Å²) in [6.07, 6.45) is 1.52. The average molecular weight is 457 g/mol. The number of aromatic hydroxyl groups is 1. The Kier molecular flexibility index (Phi) is 6.21. The van der Waals surface area contributed by atoms with Crippen molar-refractivity contribution in [2.75, 3.05) is 38.2 Å². The zero-order chi connectivity index (χ0) is 23.0. The summed E-state index contributed by atoms with van der Waals surface area (Å²) in [5, 5.41) is 10.5. The number of benzene rings is 2. The van der Waals surface area contributed by atoms with Gasteiger partial charge in [0.2, 0.25) is 0 Å². The minimum absolute atomic E-state index is 0.0650. The van der Waals surface area contributed by atoms with E-state index in [1.165, 1.54) is 11.8 Å². The molecule has 1 unspecified atom stereocenters. The molecule has 2 aliphatic heterocycles. The quantitative estimate of drug-likeness (QED) is 0.698. The van der Waals surface area contributed by atoms with Gasteiger partial charge in [-0.05, 0) is 86.8 Å². The van der Waals surface area contributed by atoms with Crippen LogP contribution in [0.2, 0.25) is 0 Å². The maximum absolute atomic E-state index is 13.1. The molecule has 2 aromatic rings. The van der Waals surface area contributed by atoms with Crippen molar-refractivity contribution in [2.45, 2.75) is 45.5 Å². The lowest BCUT2D eigenvalue weighted by Crippen LogP contribution is -2.49. The highest BCUT2D eigenvalue weighted by molar-refractivity contribution is 8.14. The third-order valence-electron chi connectivity index (χ3n) is 6.77. The Labute approximate surface area is 194 Å². The third kappa shape index (κ3) is 4.22.